The average molecular weight is 567 g/mol. The van der Waals surface area contributed by atoms with Gasteiger partial charge in [0.25, 0.3) is 0 Å². The summed E-state index contributed by atoms with van der Waals surface area (Å²) in [4.78, 5) is 26.0. The Balaban J connectivity index is 1.53. The van der Waals surface area contributed by atoms with Crippen molar-refractivity contribution in [1.82, 2.24) is 19.5 Å². The number of nitrogens with two attached hydrogens (primary N) is 1. The summed E-state index contributed by atoms with van der Waals surface area (Å²) in [6.07, 6.45) is 5.51. The van der Waals surface area contributed by atoms with Crippen LogP contribution in [0.15, 0.2) is 18.3 Å². The smallest absolute Gasteiger partial charge is 0.225 e. The summed E-state index contributed by atoms with van der Waals surface area (Å²) in [5, 5.41) is 8.02. The predicted octanol–water partition coefficient (Wildman–Crippen LogP) is 5.97. The molecule has 1 aliphatic heterocycles. The van der Waals surface area contributed by atoms with Crippen LogP contribution in [-0.2, 0) is 9.53 Å². The minimum Gasteiger partial charge on any atom is -0.381 e. The minimum atomic E-state index is -0.250. The highest BCUT2D eigenvalue weighted by Gasteiger charge is 2.34. The molecule has 0 bridgehead atoms. The third-order valence-electron chi connectivity index (χ3n) is 7.41. The van der Waals surface area contributed by atoms with Gasteiger partial charge in [0.15, 0.2) is 5.65 Å². The number of rotatable bonds is 6. The third kappa shape index (κ3) is 5.46. The minimum absolute atomic E-state index is 0.0511. The Labute approximate surface area is 230 Å². The second-order valence-electron chi connectivity index (χ2n) is 10.5. The lowest BCUT2D eigenvalue weighted by molar-refractivity contribution is -0.122. The van der Waals surface area contributed by atoms with Gasteiger partial charge in [-0.25, -0.2) is 9.97 Å². The lowest BCUT2D eigenvalue weighted by Crippen LogP contribution is -2.44. The number of halogens is 3. The average Bonchev–Trinajstić information content (AvgIpc) is 3.20. The van der Waals surface area contributed by atoms with Crippen molar-refractivity contribution >= 4 is 69.5 Å². The lowest BCUT2D eigenvalue weighted by Gasteiger charge is -2.38. The van der Waals surface area contributed by atoms with Gasteiger partial charge >= 0.3 is 0 Å². The monoisotopic (exact) mass is 565 g/mol. The van der Waals surface area contributed by atoms with Crippen LogP contribution in [0.1, 0.15) is 52.0 Å². The zero-order chi connectivity index (χ0) is 26.3. The molecule has 1 aliphatic carbocycles. The number of carbonyl (C=O) groups excluding carboxylic acids is 1. The van der Waals surface area contributed by atoms with Crippen LogP contribution in [0.25, 0.3) is 11.2 Å². The van der Waals surface area contributed by atoms with E-state index in [-0.39, 0.29) is 29.3 Å². The van der Waals surface area contributed by atoms with Crippen molar-refractivity contribution in [2.75, 3.05) is 23.8 Å². The standard InChI is InChI=1S/C25H30Cl3N7O2/c1-25(2)12-37-8-7-19(25)32-23-30-11-18-22(34-23)35(15-5-3-13(4-6-15)21(29)36)24(31-18)33-20-16(27)9-14(26)10-17(20)28/h9-11,13,15,19H,3-8,12H2,1-2H3,(H2,29,36)(H,31,33)(H,30,32,34)/t13?,15?,19-/m1/s1. The van der Waals surface area contributed by atoms with Crippen molar-refractivity contribution in [3.8, 4) is 0 Å². The number of nitrogens with zero attached hydrogens (tertiary/aromatic N) is 4. The summed E-state index contributed by atoms with van der Waals surface area (Å²) in [7, 11) is 0. The molecule has 4 N–H and O–H groups in total. The summed E-state index contributed by atoms with van der Waals surface area (Å²) in [5.74, 6) is 0.708. The molecule has 12 heteroatoms. The van der Waals surface area contributed by atoms with Crippen LogP contribution >= 0.6 is 34.8 Å². The number of carbonyl (C=O) groups is 1. The van der Waals surface area contributed by atoms with E-state index in [0.29, 0.717) is 69.9 Å². The molecule has 0 radical (unpaired) electrons. The number of fused-ring (bicyclic) bond motifs is 1. The maximum atomic E-state index is 11.8. The van der Waals surface area contributed by atoms with Gasteiger partial charge in [-0.15, -0.1) is 0 Å². The Hall–Kier alpha value is -2.33. The van der Waals surface area contributed by atoms with Gasteiger partial charge in [-0.1, -0.05) is 48.7 Å². The van der Waals surface area contributed by atoms with Crippen molar-refractivity contribution in [3.63, 3.8) is 0 Å². The number of benzene rings is 1. The van der Waals surface area contributed by atoms with Gasteiger partial charge in [0.1, 0.15) is 5.52 Å². The molecule has 5 rings (SSSR count). The van der Waals surface area contributed by atoms with Crippen LogP contribution in [0.5, 0.6) is 0 Å². The number of imidazole rings is 1. The Morgan fingerprint density at radius 2 is 1.81 bits per heavy atom. The van der Waals surface area contributed by atoms with Crippen LogP contribution in [-0.4, -0.2) is 44.7 Å². The first-order valence-electron chi connectivity index (χ1n) is 12.4. The molecule has 0 unspecified atom stereocenters. The summed E-state index contributed by atoms with van der Waals surface area (Å²) < 4.78 is 7.73. The first kappa shape index (κ1) is 26.3. The van der Waals surface area contributed by atoms with Crippen LogP contribution in [0, 0.1) is 11.3 Å². The van der Waals surface area contributed by atoms with Gasteiger partial charge in [0.2, 0.25) is 17.8 Å². The van der Waals surface area contributed by atoms with Gasteiger partial charge in [0, 0.05) is 35.0 Å². The SMILES string of the molecule is CC1(C)COCC[C@H]1Nc1ncc2nc(Nc3c(Cl)cc(Cl)cc3Cl)n(C3CCC(C(N)=O)CC3)c2n1. The molecule has 1 saturated carbocycles. The maximum absolute atomic E-state index is 11.8. The van der Waals surface area contributed by atoms with Gasteiger partial charge in [-0.3, -0.25) is 9.36 Å². The molecule has 9 nitrogen and oxygen atoms in total. The highest BCUT2D eigenvalue weighted by molar-refractivity contribution is 6.41. The molecule has 37 heavy (non-hydrogen) atoms. The van der Waals surface area contributed by atoms with E-state index in [1.54, 1.807) is 18.3 Å². The Morgan fingerprint density at radius 1 is 1.11 bits per heavy atom. The molecular weight excluding hydrogens is 537 g/mol. The number of aromatic nitrogens is 4. The van der Waals surface area contributed by atoms with Crippen LogP contribution < -0.4 is 16.4 Å². The van der Waals surface area contributed by atoms with Crippen molar-refractivity contribution in [2.45, 2.75) is 58.0 Å². The number of ether oxygens (including phenoxy) is 1. The number of hydrogen-bond donors (Lipinski definition) is 3. The van der Waals surface area contributed by atoms with Gasteiger partial charge in [-0.2, -0.15) is 4.98 Å². The van der Waals surface area contributed by atoms with E-state index in [1.807, 2.05) is 0 Å². The summed E-state index contributed by atoms with van der Waals surface area (Å²) in [6.45, 7) is 5.71. The lowest BCUT2D eigenvalue weighted by atomic mass is 9.82. The number of nitrogens with one attached hydrogen (secondary N) is 2. The van der Waals surface area contributed by atoms with Crippen molar-refractivity contribution in [1.29, 1.82) is 0 Å². The Morgan fingerprint density at radius 3 is 2.46 bits per heavy atom. The van der Waals surface area contributed by atoms with E-state index in [2.05, 4.69) is 34.0 Å². The molecule has 3 aromatic rings. The number of anilines is 3. The Kier molecular flexibility index (Phi) is 7.42. The third-order valence-corrected chi connectivity index (χ3v) is 8.23. The van der Waals surface area contributed by atoms with Crippen molar-refractivity contribution < 1.29 is 9.53 Å². The van der Waals surface area contributed by atoms with Crippen molar-refractivity contribution in [2.24, 2.45) is 17.1 Å². The van der Waals surface area contributed by atoms with Crippen LogP contribution in [0.2, 0.25) is 15.1 Å². The Bertz CT molecular complexity index is 1300. The molecule has 2 aromatic heterocycles. The number of hydrogen-bond acceptors (Lipinski definition) is 7. The van der Waals surface area contributed by atoms with E-state index in [0.717, 1.165) is 19.3 Å². The van der Waals surface area contributed by atoms with Crippen molar-refractivity contribution in [3.05, 3.63) is 33.4 Å². The zero-order valence-corrected chi connectivity index (χ0v) is 23.0. The van der Waals surface area contributed by atoms with E-state index in [4.69, 9.17) is 55.2 Å². The fourth-order valence-electron chi connectivity index (χ4n) is 5.24. The van der Waals surface area contributed by atoms with E-state index in [1.165, 1.54) is 0 Å². The maximum Gasteiger partial charge on any atom is 0.225 e. The largest absolute Gasteiger partial charge is 0.381 e. The molecule has 0 spiro atoms. The van der Waals surface area contributed by atoms with E-state index < -0.39 is 0 Å². The molecule has 2 aliphatic rings. The second-order valence-corrected chi connectivity index (χ2v) is 11.8. The first-order valence-corrected chi connectivity index (χ1v) is 13.6. The van der Waals surface area contributed by atoms with Gasteiger partial charge < -0.3 is 21.1 Å². The quantitative estimate of drug-likeness (QED) is 0.336. The van der Waals surface area contributed by atoms with Crippen LogP contribution in [0.4, 0.5) is 17.6 Å². The van der Waals surface area contributed by atoms with Gasteiger partial charge in [-0.05, 0) is 44.2 Å². The van der Waals surface area contributed by atoms with E-state index >= 15 is 0 Å². The summed E-state index contributed by atoms with van der Waals surface area (Å²) in [6, 6.07) is 3.47. The number of primary amides is 1. The normalized spacial score (nSPS) is 23.6. The summed E-state index contributed by atoms with van der Waals surface area (Å²) in [5.41, 5.74) is 7.36. The molecule has 198 valence electrons. The fourth-order valence-corrected chi connectivity index (χ4v) is 6.15. The molecule has 1 amide bonds. The van der Waals surface area contributed by atoms with E-state index in [9.17, 15) is 4.79 Å². The molecule has 1 atom stereocenters. The topological polar surface area (TPSA) is 120 Å². The van der Waals surface area contributed by atoms with Gasteiger partial charge in [0.05, 0.1) is 28.5 Å². The highest BCUT2D eigenvalue weighted by Crippen LogP contribution is 2.40. The number of amides is 1. The summed E-state index contributed by atoms with van der Waals surface area (Å²) >= 11 is 19.0. The molecule has 3 heterocycles. The second kappa shape index (κ2) is 10.4. The predicted molar refractivity (Wildman–Crippen MR) is 147 cm³/mol. The fraction of sp³-hybridized carbons (Fsp3) is 0.520. The molecular formula is C25H30Cl3N7O2. The van der Waals surface area contributed by atoms with Crippen LogP contribution in [0.3, 0.4) is 0 Å². The zero-order valence-electron chi connectivity index (χ0n) is 20.7. The molecule has 1 aromatic carbocycles. The molecule has 1 saturated heterocycles. The highest BCUT2D eigenvalue weighted by atomic mass is 35.5. The molecule has 2 fully saturated rings. The first-order chi connectivity index (χ1) is 17.6.